The summed E-state index contributed by atoms with van der Waals surface area (Å²) in [5.41, 5.74) is 1.71. The molecular formula is C14H12ClNO2. The fourth-order valence-corrected chi connectivity index (χ4v) is 2.22. The van der Waals surface area contributed by atoms with Crippen molar-refractivity contribution >= 4 is 29.0 Å². The van der Waals surface area contributed by atoms with E-state index in [4.69, 9.17) is 11.6 Å². The zero-order chi connectivity index (χ0) is 13.3. The molecule has 4 heteroatoms. The predicted molar refractivity (Wildman–Crippen MR) is 72.1 cm³/mol. The quantitative estimate of drug-likeness (QED) is 0.466. The van der Waals surface area contributed by atoms with Gasteiger partial charge in [0.1, 0.15) is 0 Å². The number of carbonyl (C=O) groups is 2. The molecule has 0 saturated carbocycles. The van der Waals surface area contributed by atoms with Crippen LogP contribution in [-0.4, -0.2) is 24.6 Å². The van der Waals surface area contributed by atoms with Crippen LogP contribution in [0.25, 0.3) is 0 Å². The summed E-state index contributed by atoms with van der Waals surface area (Å²) in [6.45, 7) is 3.59. The predicted octanol–water partition coefficient (Wildman–Crippen LogP) is 2.57. The fourth-order valence-electron chi connectivity index (χ4n) is 1.97. The first-order valence-electron chi connectivity index (χ1n) is 5.45. The molecule has 0 unspecified atom stereocenters. The zero-order valence-corrected chi connectivity index (χ0v) is 10.7. The van der Waals surface area contributed by atoms with Gasteiger partial charge in [0, 0.05) is 18.5 Å². The van der Waals surface area contributed by atoms with E-state index in [9.17, 15) is 9.59 Å². The van der Waals surface area contributed by atoms with Crippen LogP contribution in [0.4, 0.5) is 5.69 Å². The van der Waals surface area contributed by atoms with Gasteiger partial charge in [-0.25, -0.2) is 0 Å². The smallest absolute Gasteiger partial charge is 0.262 e. The summed E-state index contributed by atoms with van der Waals surface area (Å²) in [6, 6.07) is 7.01. The van der Waals surface area contributed by atoms with Crippen LogP contribution in [0, 0.1) is 0 Å². The minimum atomic E-state index is -0.339. The number of halogens is 1. The van der Waals surface area contributed by atoms with Crippen molar-refractivity contribution in [1.82, 2.24) is 0 Å². The molecule has 1 aromatic rings. The van der Waals surface area contributed by atoms with Crippen molar-refractivity contribution in [2.45, 2.75) is 0 Å². The lowest BCUT2D eigenvalue weighted by molar-refractivity contribution is -0.114. The summed E-state index contributed by atoms with van der Waals surface area (Å²) in [4.78, 5) is 26.0. The monoisotopic (exact) mass is 261 g/mol. The number of fused-ring (bicyclic) bond motifs is 1. The molecule has 92 valence electrons. The van der Waals surface area contributed by atoms with Crippen molar-refractivity contribution in [3.63, 3.8) is 0 Å². The second-order valence-corrected chi connectivity index (χ2v) is 4.22. The molecule has 0 radical (unpaired) electrons. The number of carbonyl (C=O) groups excluding carboxylic acids is 2. The Hall–Kier alpha value is -1.87. The second-order valence-electron chi connectivity index (χ2n) is 3.95. The van der Waals surface area contributed by atoms with Gasteiger partial charge in [-0.05, 0) is 17.7 Å². The molecule has 18 heavy (non-hydrogen) atoms. The van der Waals surface area contributed by atoms with Gasteiger partial charge in [-0.1, -0.05) is 24.8 Å². The Balaban J connectivity index is 2.70. The number of anilines is 1. The van der Waals surface area contributed by atoms with E-state index < -0.39 is 0 Å². The molecule has 1 aromatic carbocycles. The van der Waals surface area contributed by atoms with Gasteiger partial charge in [-0.2, -0.15) is 0 Å². The number of hydrogen-bond acceptors (Lipinski definition) is 2. The first kappa shape index (κ1) is 12.6. The van der Waals surface area contributed by atoms with Gasteiger partial charge in [0.15, 0.2) is 0 Å². The van der Waals surface area contributed by atoms with Gasteiger partial charge in [-0.15, -0.1) is 11.6 Å². The Labute approximate surface area is 110 Å². The van der Waals surface area contributed by atoms with Crippen LogP contribution in [0.3, 0.4) is 0 Å². The fraction of sp³-hybridized carbons (Fsp3) is 0.143. The first-order chi connectivity index (χ1) is 8.61. The van der Waals surface area contributed by atoms with Crippen molar-refractivity contribution in [3.8, 4) is 0 Å². The summed E-state index contributed by atoms with van der Waals surface area (Å²) in [7, 11) is 1.64. The number of rotatable bonds is 2. The highest BCUT2D eigenvalue weighted by Gasteiger charge is 2.33. The lowest BCUT2D eigenvalue weighted by Crippen LogP contribution is -2.37. The maximum atomic E-state index is 12.3. The molecule has 0 spiro atoms. The van der Waals surface area contributed by atoms with Gasteiger partial charge < -0.3 is 4.90 Å². The van der Waals surface area contributed by atoms with Crippen molar-refractivity contribution in [1.29, 1.82) is 0 Å². The van der Waals surface area contributed by atoms with Gasteiger partial charge in [0.05, 0.1) is 11.3 Å². The molecule has 0 bridgehead atoms. The van der Waals surface area contributed by atoms with Crippen LogP contribution in [-0.2, 0) is 4.79 Å². The number of ketones is 1. The van der Waals surface area contributed by atoms with Gasteiger partial charge >= 0.3 is 0 Å². The summed E-state index contributed by atoms with van der Waals surface area (Å²) in [5.74, 6) is -0.537. The molecular weight excluding hydrogens is 250 g/mol. The van der Waals surface area contributed by atoms with Crippen LogP contribution in [0.2, 0.25) is 0 Å². The minimum absolute atomic E-state index is 0.0896. The minimum Gasteiger partial charge on any atom is -0.311 e. The number of Topliss-reactive ketones (excluding diaryl/α,β-unsaturated/α-hetero) is 1. The molecule has 0 aromatic heterocycles. The van der Waals surface area contributed by atoms with Crippen molar-refractivity contribution < 1.29 is 9.59 Å². The molecule has 0 aliphatic carbocycles. The van der Waals surface area contributed by atoms with E-state index in [2.05, 4.69) is 6.58 Å². The van der Waals surface area contributed by atoms with Gasteiger partial charge in [0.25, 0.3) is 5.91 Å². The van der Waals surface area contributed by atoms with Crippen LogP contribution in [0.5, 0.6) is 0 Å². The van der Waals surface area contributed by atoms with E-state index in [0.717, 1.165) is 0 Å². The van der Waals surface area contributed by atoms with Crippen LogP contribution in [0.1, 0.15) is 10.4 Å². The number of hydrogen-bond donors (Lipinski definition) is 0. The van der Waals surface area contributed by atoms with E-state index in [0.29, 0.717) is 16.8 Å². The normalized spacial score (nSPS) is 17.6. The summed E-state index contributed by atoms with van der Waals surface area (Å²) >= 11 is 5.75. The SMILES string of the molecule is C=C/C(CCl)=C1\C(=O)c2ccccc2N(C)C1=O. The summed E-state index contributed by atoms with van der Waals surface area (Å²) in [5, 5.41) is 0. The van der Waals surface area contributed by atoms with Crippen LogP contribution in [0.15, 0.2) is 48.1 Å². The molecule has 0 N–H and O–H groups in total. The highest BCUT2D eigenvalue weighted by atomic mass is 35.5. The van der Waals surface area contributed by atoms with Crippen LogP contribution < -0.4 is 4.90 Å². The highest BCUT2D eigenvalue weighted by molar-refractivity contribution is 6.36. The highest BCUT2D eigenvalue weighted by Crippen LogP contribution is 2.30. The molecule has 1 heterocycles. The Kier molecular flexibility index (Phi) is 3.34. The zero-order valence-electron chi connectivity index (χ0n) is 9.94. The molecule has 0 fully saturated rings. The Morgan fingerprint density at radius 2 is 2.06 bits per heavy atom. The van der Waals surface area contributed by atoms with Crippen molar-refractivity contribution in [3.05, 3.63) is 53.6 Å². The second kappa shape index (κ2) is 4.78. The van der Waals surface area contributed by atoms with E-state index >= 15 is 0 Å². The number of benzene rings is 1. The molecule has 1 aliphatic heterocycles. The molecule has 2 rings (SSSR count). The van der Waals surface area contributed by atoms with E-state index in [-0.39, 0.29) is 23.1 Å². The average Bonchev–Trinajstić information content (AvgIpc) is 2.41. The summed E-state index contributed by atoms with van der Waals surface area (Å²) < 4.78 is 0. The van der Waals surface area contributed by atoms with Gasteiger partial charge in [0.2, 0.25) is 5.78 Å². The number of likely N-dealkylation sites (N-methyl/N-ethyl adjacent to an activating group) is 1. The van der Waals surface area contributed by atoms with Crippen molar-refractivity contribution in [2.24, 2.45) is 0 Å². The van der Waals surface area contributed by atoms with Crippen LogP contribution >= 0.6 is 11.6 Å². The number of amides is 1. The Morgan fingerprint density at radius 3 is 2.67 bits per heavy atom. The topological polar surface area (TPSA) is 37.4 Å². The number of alkyl halides is 1. The standard InChI is InChI=1S/C14H12ClNO2/c1-3-9(8-15)12-13(17)10-6-4-5-7-11(10)16(2)14(12)18/h3-7H,1,8H2,2H3/b12-9-. The van der Waals surface area contributed by atoms with Crippen molar-refractivity contribution in [2.75, 3.05) is 17.8 Å². The Morgan fingerprint density at radius 1 is 1.39 bits per heavy atom. The molecule has 1 amide bonds. The maximum Gasteiger partial charge on any atom is 0.262 e. The lowest BCUT2D eigenvalue weighted by atomic mass is 9.92. The third-order valence-corrected chi connectivity index (χ3v) is 3.26. The third-order valence-electron chi connectivity index (χ3n) is 2.97. The summed E-state index contributed by atoms with van der Waals surface area (Å²) in [6.07, 6.45) is 1.46. The average molecular weight is 262 g/mol. The molecule has 0 saturated heterocycles. The first-order valence-corrected chi connectivity index (χ1v) is 5.98. The maximum absolute atomic E-state index is 12.3. The number of nitrogens with zero attached hydrogens (tertiary/aromatic N) is 1. The Bertz CT molecular complexity index is 575. The molecule has 3 nitrogen and oxygen atoms in total. The number of allylic oxidation sites excluding steroid dienone is 2. The molecule has 1 aliphatic rings. The lowest BCUT2D eigenvalue weighted by Gasteiger charge is -2.27. The van der Waals surface area contributed by atoms with Gasteiger partial charge in [-0.3, -0.25) is 9.59 Å². The van der Waals surface area contributed by atoms with E-state index in [1.165, 1.54) is 11.0 Å². The van der Waals surface area contributed by atoms with E-state index in [1.807, 2.05) is 0 Å². The van der Waals surface area contributed by atoms with E-state index in [1.54, 1.807) is 31.3 Å². The third kappa shape index (κ3) is 1.77. The molecule has 0 atom stereocenters. The number of para-hydroxylation sites is 1. The largest absolute Gasteiger partial charge is 0.311 e.